The Hall–Kier alpha value is -1.66. The van der Waals surface area contributed by atoms with Crippen molar-refractivity contribution in [1.82, 2.24) is 0 Å². The molecule has 1 unspecified atom stereocenters. The lowest BCUT2D eigenvalue weighted by atomic mass is 9.93. The van der Waals surface area contributed by atoms with Gasteiger partial charge in [0, 0.05) is 12.2 Å². The Balaban J connectivity index is 2.41. The van der Waals surface area contributed by atoms with E-state index in [2.05, 4.69) is 0 Å². The van der Waals surface area contributed by atoms with E-state index in [1.165, 1.54) is 12.1 Å². The first kappa shape index (κ1) is 14.7. The van der Waals surface area contributed by atoms with Crippen molar-refractivity contribution >= 4 is 11.6 Å². The molecule has 0 saturated heterocycles. The first-order valence-corrected chi connectivity index (χ1v) is 5.99. The molecule has 1 aromatic rings. The molecule has 1 aliphatic heterocycles. The Bertz CT molecular complexity index is 526. The number of hydrogen-bond donors (Lipinski definition) is 0. The highest BCUT2D eigenvalue weighted by Crippen LogP contribution is 2.40. The van der Waals surface area contributed by atoms with Gasteiger partial charge in [0.15, 0.2) is 0 Å². The van der Waals surface area contributed by atoms with Crippen LogP contribution in [0.5, 0.6) is 0 Å². The Morgan fingerprint density at radius 1 is 1.20 bits per heavy atom. The van der Waals surface area contributed by atoms with Crippen LogP contribution >= 0.6 is 0 Å². The van der Waals surface area contributed by atoms with Gasteiger partial charge in [-0.25, -0.2) is 0 Å². The molecule has 7 heteroatoms. The molecule has 110 valence electrons. The van der Waals surface area contributed by atoms with E-state index in [1.807, 2.05) is 0 Å². The monoisotopic (exact) mass is 293 g/mol. The minimum absolute atomic E-state index is 0.125. The number of nitrogens with zero attached hydrogens (tertiary/aromatic N) is 1. The number of para-hydroxylation sites is 1. The Kier molecular flexibility index (Phi) is 3.47. The quantitative estimate of drug-likeness (QED) is 0.727. The van der Waals surface area contributed by atoms with Gasteiger partial charge < -0.3 is 4.90 Å². The van der Waals surface area contributed by atoms with Crippen LogP contribution in [0.15, 0.2) is 24.3 Å². The highest BCUT2D eigenvalue weighted by atomic mass is 19.4. The van der Waals surface area contributed by atoms with E-state index in [0.717, 1.165) is 0 Å². The fourth-order valence-electron chi connectivity index (χ4n) is 2.28. The van der Waals surface area contributed by atoms with Crippen LogP contribution in [0.1, 0.15) is 12.5 Å². The number of amides is 1. The Morgan fingerprint density at radius 2 is 1.80 bits per heavy atom. The smallest absolute Gasteiger partial charge is 0.306 e. The second kappa shape index (κ2) is 4.71. The topological polar surface area (TPSA) is 20.3 Å². The number of fused-ring (bicyclic) bond motifs is 1. The zero-order valence-corrected chi connectivity index (χ0v) is 10.5. The van der Waals surface area contributed by atoms with Crippen LogP contribution in [0.4, 0.5) is 27.6 Å². The third-order valence-electron chi connectivity index (χ3n) is 3.21. The molecule has 0 bridgehead atoms. The largest absolute Gasteiger partial charge is 0.463 e. The molecule has 0 aliphatic carbocycles. The maximum absolute atomic E-state index is 13.2. The van der Waals surface area contributed by atoms with E-state index in [4.69, 9.17) is 0 Å². The highest BCUT2D eigenvalue weighted by Gasteiger charge is 2.65. The van der Waals surface area contributed by atoms with Crippen molar-refractivity contribution in [2.45, 2.75) is 25.4 Å². The summed E-state index contributed by atoms with van der Waals surface area (Å²) in [6.45, 7) is 1.55. The zero-order valence-electron chi connectivity index (χ0n) is 10.5. The van der Waals surface area contributed by atoms with Crippen LogP contribution in [0, 0.1) is 5.92 Å². The summed E-state index contributed by atoms with van der Waals surface area (Å²) >= 11 is 0. The summed E-state index contributed by atoms with van der Waals surface area (Å²) < 4.78 is 63.4. The van der Waals surface area contributed by atoms with Crippen molar-refractivity contribution in [2.75, 3.05) is 11.4 Å². The van der Waals surface area contributed by atoms with Crippen LogP contribution in [0.3, 0.4) is 0 Å². The van der Waals surface area contributed by atoms with E-state index in [-0.39, 0.29) is 18.2 Å². The Morgan fingerprint density at radius 3 is 2.40 bits per heavy atom. The van der Waals surface area contributed by atoms with Crippen molar-refractivity contribution in [3.8, 4) is 0 Å². The van der Waals surface area contributed by atoms with Gasteiger partial charge in [0.05, 0.1) is 0 Å². The molecule has 1 amide bonds. The maximum atomic E-state index is 13.2. The summed E-state index contributed by atoms with van der Waals surface area (Å²) in [5.74, 6) is -7.78. The highest BCUT2D eigenvalue weighted by molar-refractivity contribution is 6.00. The van der Waals surface area contributed by atoms with E-state index in [1.54, 1.807) is 19.1 Å². The average Bonchev–Trinajstić information content (AvgIpc) is 2.35. The molecule has 2 nitrogen and oxygen atoms in total. The fourth-order valence-corrected chi connectivity index (χ4v) is 2.28. The predicted octanol–water partition coefficient (Wildman–Crippen LogP) is 3.41. The summed E-state index contributed by atoms with van der Waals surface area (Å²) in [6.07, 6.45) is -5.35. The molecule has 0 radical (unpaired) electrons. The lowest BCUT2D eigenvalue weighted by molar-refractivity contribution is -0.268. The van der Waals surface area contributed by atoms with E-state index >= 15 is 0 Å². The number of halogens is 5. The van der Waals surface area contributed by atoms with Crippen molar-refractivity contribution in [1.29, 1.82) is 0 Å². The summed E-state index contributed by atoms with van der Waals surface area (Å²) in [6, 6.07) is 6.16. The van der Waals surface area contributed by atoms with E-state index in [0.29, 0.717) is 16.9 Å². The number of anilines is 1. The normalized spacial score (nSPS) is 19.7. The molecule has 0 fully saturated rings. The van der Waals surface area contributed by atoms with Gasteiger partial charge in [-0.3, -0.25) is 4.79 Å². The number of carbonyl (C=O) groups excluding carboxylic acids is 1. The lowest BCUT2D eigenvalue weighted by Crippen LogP contribution is -2.54. The molecule has 0 spiro atoms. The second-order valence-corrected chi connectivity index (χ2v) is 4.93. The van der Waals surface area contributed by atoms with Gasteiger partial charge in [-0.15, -0.1) is 0 Å². The molecule has 0 saturated carbocycles. The number of benzene rings is 1. The first-order chi connectivity index (χ1) is 9.14. The van der Waals surface area contributed by atoms with E-state index < -0.39 is 18.0 Å². The van der Waals surface area contributed by atoms with Crippen molar-refractivity contribution in [3.05, 3.63) is 29.8 Å². The van der Waals surface area contributed by atoms with Gasteiger partial charge in [0.1, 0.15) is 0 Å². The molecular weight excluding hydrogens is 281 g/mol. The zero-order chi connectivity index (χ0) is 15.1. The van der Waals surface area contributed by atoms with Crippen LogP contribution in [-0.2, 0) is 11.2 Å². The number of alkyl halides is 5. The number of carbonyl (C=O) groups is 1. The lowest BCUT2D eigenvalue weighted by Gasteiger charge is -2.35. The average molecular weight is 293 g/mol. The van der Waals surface area contributed by atoms with Crippen molar-refractivity contribution in [2.24, 2.45) is 5.92 Å². The van der Waals surface area contributed by atoms with Gasteiger partial charge in [0.2, 0.25) is 0 Å². The maximum Gasteiger partial charge on any atom is 0.463 e. The second-order valence-electron chi connectivity index (χ2n) is 4.93. The molecule has 1 aromatic carbocycles. The van der Waals surface area contributed by atoms with Gasteiger partial charge in [-0.05, 0) is 24.0 Å². The summed E-state index contributed by atoms with van der Waals surface area (Å²) in [7, 11) is 0. The predicted molar refractivity (Wildman–Crippen MR) is 62.7 cm³/mol. The van der Waals surface area contributed by atoms with E-state index in [9.17, 15) is 26.7 Å². The minimum Gasteiger partial charge on any atom is -0.306 e. The van der Waals surface area contributed by atoms with Crippen LogP contribution in [-0.4, -0.2) is 24.6 Å². The SMILES string of the molecule is CC1Cc2ccccc2N(C(=O)C(F)(F)C(F)(F)F)C1. The van der Waals surface area contributed by atoms with Crippen LogP contribution in [0.25, 0.3) is 0 Å². The standard InChI is InChI=1S/C13H12F5NO/c1-8-6-9-4-2-3-5-10(9)19(7-8)11(20)12(14,15)13(16,17)18/h2-5,8H,6-7H2,1H3. The molecule has 0 N–H and O–H groups in total. The first-order valence-electron chi connectivity index (χ1n) is 5.99. The van der Waals surface area contributed by atoms with Crippen molar-refractivity contribution < 1.29 is 26.7 Å². The molecule has 0 aromatic heterocycles. The Labute approximate surface area is 112 Å². The summed E-state index contributed by atoms with van der Waals surface area (Å²) in [5.41, 5.74) is 0.720. The number of hydrogen-bond acceptors (Lipinski definition) is 1. The van der Waals surface area contributed by atoms with Crippen LogP contribution < -0.4 is 4.90 Å². The van der Waals surface area contributed by atoms with Gasteiger partial charge in [-0.2, -0.15) is 22.0 Å². The summed E-state index contributed by atoms with van der Waals surface area (Å²) in [5, 5.41) is 0. The van der Waals surface area contributed by atoms with Gasteiger partial charge >= 0.3 is 18.0 Å². The molecule has 1 aliphatic rings. The molecule has 1 heterocycles. The molecule has 1 atom stereocenters. The van der Waals surface area contributed by atoms with Gasteiger partial charge in [0.25, 0.3) is 0 Å². The third kappa shape index (κ3) is 2.36. The fraction of sp³-hybridized carbons (Fsp3) is 0.462. The molecular formula is C13H12F5NO. The molecule has 2 rings (SSSR count). The summed E-state index contributed by atoms with van der Waals surface area (Å²) in [4.78, 5) is 12.2. The van der Waals surface area contributed by atoms with Crippen LogP contribution in [0.2, 0.25) is 0 Å². The minimum atomic E-state index is -5.89. The molecule has 20 heavy (non-hydrogen) atoms. The van der Waals surface area contributed by atoms with Crippen molar-refractivity contribution in [3.63, 3.8) is 0 Å². The third-order valence-corrected chi connectivity index (χ3v) is 3.21. The van der Waals surface area contributed by atoms with Gasteiger partial charge in [-0.1, -0.05) is 25.1 Å². The number of rotatable bonds is 1.